The summed E-state index contributed by atoms with van der Waals surface area (Å²) < 4.78 is 52.8. The maximum absolute atomic E-state index is 13.9. The number of methoxy groups -OCH3 is 2. The van der Waals surface area contributed by atoms with Gasteiger partial charge in [0.2, 0.25) is 11.8 Å². The molecule has 220 valence electrons. The summed E-state index contributed by atoms with van der Waals surface area (Å²) in [5.74, 6) is -0.502. The number of benzene rings is 3. The molecule has 0 spiro atoms. The lowest BCUT2D eigenvalue weighted by molar-refractivity contribution is -0.139. The number of ether oxygens (including phenoxy) is 2. The quantitative estimate of drug-likeness (QED) is 0.282. The molecule has 1 N–H and O–H groups in total. The lowest BCUT2D eigenvalue weighted by atomic mass is 10.1. The molecule has 0 bridgehead atoms. The van der Waals surface area contributed by atoms with Crippen LogP contribution in [0.4, 0.5) is 10.1 Å². The molecule has 0 aliphatic carbocycles. The van der Waals surface area contributed by atoms with E-state index in [-0.39, 0.29) is 23.0 Å². The zero-order valence-electron chi connectivity index (χ0n) is 23.7. The molecule has 0 fully saturated rings. The van der Waals surface area contributed by atoms with Gasteiger partial charge in [-0.25, -0.2) is 12.8 Å². The minimum atomic E-state index is -4.28. The van der Waals surface area contributed by atoms with Gasteiger partial charge < -0.3 is 19.7 Å². The largest absolute Gasteiger partial charge is 0.497 e. The summed E-state index contributed by atoms with van der Waals surface area (Å²) in [6, 6.07) is 16.7. The van der Waals surface area contributed by atoms with E-state index in [9.17, 15) is 22.4 Å². The van der Waals surface area contributed by atoms with Crippen LogP contribution in [0.2, 0.25) is 0 Å². The molecule has 11 heteroatoms. The van der Waals surface area contributed by atoms with Gasteiger partial charge in [0.05, 0.1) is 24.8 Å². The Morgan fingerprint density at radius 1 is 0.951 bits per heavy atom. The lowest BCUT2D eigenvalue weighted by Gasteiger charge is -2.32. The number of carbonyl (C=O) groups is 2. The maximum atomic E-state index is 13.9. The predicted molar refractivity (Wildman–Crippen MR) is 155 cm³/mol. The van der Waals surface area contributed by atoms with E-state index in [0.29, 0.717) is 23.6 Å². The first-order valence-electron chi connectivity index (χ1n) is 13.2. The average Bonchev–Trinajstić information content (AvgIpc) is 2.98. The zero-order chi connectivity index (χ0) is 30.0. The fourth-order valence-electron chi connectivity index (χ4n) is 4.10. The number of carbonyl (C=O) groups excluding carboxylic acids is 2. The molecule has 0 radical (unpaired) electrons. The van der Waals surface area contributed by atoms with Crippen molar-refractivity contribution in [3.63, 3.8) is 0 Å². The van der Waals surface area contributed by atoms with E-state index < -0.39 is 34.3 Å². The van der Waals surface area contributed by atoms with Crippen LogP contribution in [-0.2, 0) is 26.2 Å². The van der Waals surface area contributed by atoms with Gasteiger partial charge >= 0.3 is 0 Å². The summed E-state index contributed by atoms with van der Waals surface area (Å²) in [6.07, 6.45) is 1.66. The Hall–Kier alpha value is -4.12. The van der Waals surface area contributed by atoms with Gasteiger partial charge in [0.15, 0.2) is 0 Å². The van der Waals surface area contributed by atoms with Gasteiger partial charge in [-0.3, -0.25) is 13.9 Å². The standard InChI is InChI=1S/C30H36FN3O6S/c1-5-6-18-32-30(36)22(2)33(20-23-8-7-9-27(19-23)40-4)29(35)21-34(25-12-10-24(31)11-13-25)41(37,38)28-16-14-26(39-3)15-17-28/h7-17,19,22H,5-6,18,20-21H2,1-4H3,(H,32,36). The Bertz CT molecular complexity index is 1410. The van der Waals surface area contributed by atoms with Crippen LogP contribution in [0.3, 0.4) is 0 Å². The topological polar surface area (TPSA) is 105 Å². The Balaban J connectivity index is 2.00. The number of nitrogens with one attached hydrogen (secondary N) is 1. The molecular formula is C30H36FN3O6S. The van der Waals surface area contributed by atoms with Crippen LogP contribution in [0, 0.1) is 5.82 Å². The van der Waals surface area contributed by atoms with Crippen LogP contribution in [0.1, 0.15) is 32.3 Å². The van der Waals surface area contributed by atoms with E-state index in [1.54, 1.807) is 31.2 Å². The molecule has 2 amide bonds. The SMILES string of the molecule is CCCCNC(=O)C(C)N(Cc1cccc(OC)c1)C(=O)CN(c1ccc(F)cc1)S(=O)(=O)c1ccc(OC)cc1. The van der Waals surface area contributed by atoms with E-state index >= 15 is 0 Å². The smallest absolute Gasteiger partial charge is 0.264 e. The van der Waals surface area contributed by atoms with Gasteiger partial charge in [-0.1, -0.05) is 25.5 Å². The highest BCUT2D eigenvalue weighted by molar-refractivity contribution is 7.92. The van der Waals surface area contributed by atoms with E-state index in [4.69, 9.17) is 9.47 Å². The molecular weight excluding hydrogens is 549 g/mol. The van der Waals surface area contributed by atoms with Crippen molar-refractivity contribution in [2.75, 3.05) is 31.6 Å². The van der Waals surface area contributed by atoms with Gasteiger partial charge in [0.1, 0.15) is 29.9 Å². The second kappa shape index (κ2) is 14.5. The van der Waals surface area contributed by atoms with E-state index in [2.05, 4.69) is 5.32 Å². The lowest BCUT2D eigenvalue weighted by Crippen LogP contribution is -2.51. The molecule has 0 aromatic heterocycles. The van der Waals surface area contributed by atoms with Gasteiger partial charge in [0.25, 0.3) is 10.0 Å². The van der Waals surface area contributed by atoms with Crippen molar-refractivity contribution >= 4 is 27.5 Å². The first-order chi connectivity index (χ1) is 19.6. The number of anilines is 1. The predicted octanol–water partition coefficient (Wildman–Crippen LogP) is 4.37. The number of unbranched alkanes of at least 4 members (excludes halogenated alkanes) is 1. The molecule has 0 aliphatic rings. The van der Waals surface area contributed by atoms with Crippen LogP contribution >= 0.6 is 0 Å². The third-order valence-electron chi connectivity index (χ3n) is 6.52. The molecule has 0 saturated heterocycles. The molecule has 1 atom stereocenters. The molecule has 3 aromatic rings. The third-order valence-corrected chi connectivity index (χ3v) is 8.31. The highest BCUT2D eigenvalue weighted by Gasteiger charge is 2.32. The van der Waals surface area contributed by atoms with Crippen molar-refractivity contribution in [1.29, 1.82) is 0 Å². The van der Waals surface area contributed by atoms with Crippen molar-refractivity contribution in [2.24, 2.45) is 0 Å². The second-order valence-electron chi connectivity index (χ2n) is 9.36. The van der Waals surface area contributed by atoms with Gasteiger partial charge in [-0.05, 0) is 79.6 Å². The zero-order valence-corrected chi connectivity index (χ0v) is 24.5. The van der Waals surface area contributed by atoms with E-state index in [1.165, 1.54) is 55.5 Å². The molecule has 9 nitrogen and oxygen atoms in total. The molecule has 41 heavy (non-hydrogen) atoms. The normalized spacial score (nSPS) is 11.8. The number of nitrogens with zero attached hydrogens (tertiary/aromatic N) is 2. The Morgan fingerprint density at radius 3 is 2.22 bits per heavy atom. The van der Waals surface area contributed by atoms with Crippen LogP contribution in [-0.4, -0.2) is 58.5 Å². The first-order valence-corrected chi connectivity index (χ1v) is 14.7. The van der Waals surface area contributed by atoms with Gasteiger partial charge in [0, 0.05) is 13.1 Å². The van der Waals surface area contributed by atoms with E-state index in [0.717, 1.165) is 29.3 Å². The number of rotatable bonds is 14. The Morgan fingerprint density at radius 2 is 1.61 bits per heavy atom. The molecule has 0 heterocycles. The van der Waals surface area contributed by atoms with E-state index in [1.807, 2.05) is 6.92 Å². The monoisotopic (exact) mass is 585 g/mol. The van der Waals surface area contributed by atoms with Crippen LogP contribution in [0.15, 0.2) is 77.7 Å². The first kappa shape index (κ1) is 31.4. The Labute approximate surface area is 240 Å². The summed E-state index contributed by atoms with van der Waals surface area (Å²) in [5, 5.41) is 2.84. The molecule has 3 aromatic carbocycles. The molecule has 3 rings (SSSR count). The number of hydrogen-bond acceptors (Lipinski definition) is 6. The average molecular weight is 586 g/mol. The minimum Gasteiger partial charge on any atom is -0.497 e. The second-order valence-corrected chi connectivity index (χ2v) is 11.2. The van der Waals surface area contributed by atoms with Crippen molar-refractivity contribution in [2.45, 2.75) is 44.2 Å². The number of hydrogen-bond donors (Lipinski definition) is 1. The van der Waals surface area contributed by atoms with Crippen LogP contribution in [0.5, 0.6) is 11.5 Å². The van der Waals surface area contributed by atoms with Crippen molar-refractivity contribution in [3.8, 4) is 11.5 Å². The third kappa shape index (κ3) is 8.20. The summed E-state index contributed by atoms with van der Waals surface area (Å²) in [6.45, 7) is 3.45. The van der Waals surface area contributed by atoms with Crippen LogP contribution in [0.25, 0.3) is 0 Å². The highest BCUT2D eigenvalue weighted by Crippen LogP contribution is 2.26. The van der Waals surface area contributed by atoms with Gasteiger partial charge in [-0.2, -0.15) is 0 Å². The van der Waals surface area contributed by atoms with Crippen molar-refractivity contribution in [1.82, 2.24) is 10.2 Å². The molecule has 1 unspecified atom stereocenters. The summed E-state index contributed by atoms with van der Waals surface area (Å²) in [4.78, 5) is 28.2. The van der Waals surface area contributed by atoms with Crippen molar-refractivity contribution < 1.29 is 31.9 Å². The molecule has 0 aliphatic heterocycles. The fraction of sp³-hybridized carbons (Fsp3) is 0.333. The summed E-state index contributed by atoms with van der Waals surface area (Å²) in [7, 11) is -1.29. The summed E-state index contributed by atoms with van der Waals surface area (Å²) >= 11 is 0. The number of amides is 2. The maximum Gasteiger partial charge on any atom is 0.264 e. The van der Waals surface area contributed by atoms with Crippen molar-refractivity contribution in [3.05, 3.63) is 84.2 Å². The Kier molecular flexibility index (Phi) is 11.1. The summed E-state index contributed by atoms with van der Waals surface area (Å²) in [5.41, 5.74) is 0.786. The number of halogens is 1. The fourth-order valence-corrected chi connectivity index (χ4v) is 5.51. The number of sulfonamides is 1. The van der Waals surface area contributed by atoms with Crippen LogP contribution < -0.4 is 19.1 Å². The molecule has 0 saturated carbocycles. The highest BCUT2D eigenvalue weighted by atomic mass is 32.2. The van der Waals surface area contributed by atoms with Gasteiger partial charge in [-0.15, -0.1) is 0 Å². The minimum absolute atomic E-state index is 0.0260.